The third-order valence-corrected chi connectivity index (χ3v) is 8.34. The molecule has 2 heterocycles. The Labute approximate surface area is 253 Å². The van der Waals surface area contributed by atoms with Crippen molar-refractivity contribution in [1.29, 1.82) is 0 Å². The summed E-state index contributed by atoms with van der Waals surface area (Å²) >= 11 is 0. The number of aromatic nitrogens is 1. The highest BCUT2D eigenvalue weighted by atomic mass is 32.2. The average Bonchev–Trinajstić information content (AvgIpc) is 2.95. The summed E-state index contributed by atoms with van der Waals surface area (Å²) in [6.07, 6.45) is 2.58. The lowest BCUT2D eigenvalue weighted by Crippen LogP contribution is -2.50. The van der Waals surface area contributed by atoms with Crippen molar-refractivity contribution in [2.45, 2.75) is 51.2 Å². The zero-order chi connectivity index (χ0) is 32.0. The van der Waals surface area contributed by atoms with Gasteiger partial charge in [-0.15, -0.1) is 0 Å². The van der Waals surface area contributed by atoms with Crippen LogP contribution in [0.3, 0.4) is 0 Å². The number of rotatable bonds is 10. The summed E-state index contributed by atoms with van der Waals surface area (Å²) in [6, 6.07) is 8.34. The highest BCUT2D eigenvalue weighted by molar-refractivity contribution is 7.84. The third-order valence-electron chi connectivity index (χ3n) is 7.39. The maximum Gasteiger partial charge on any atom is 0.283 e. The van der Waals surface area contributed by atoms with E-state index in [0.717, 1.165) is 5.56 Å². The summed E-state index contributed by atoms with van der Waals surface area (Å²) in [7, 11) is 1.56. The fourth-order valence-electron chi connectivity index (χ4n) is 5.03. The van der Waals surface area contributed by atoms with E-state index < -0.39 is 46.4 Å². The molecule has 1 aliphatic rings. The molecule has 1 aromatic carbocycles. The molecule has 0 saturated heterocycles. The van der Waals surface area contributed by atoms with E-state index in [2.05, 4.69) is 10.6 Å². The maximum absolute atomic E-state index is 16.3. The number of nitrogens with one attached hydrogen (secondary N) is 2. The van der Waals surface area contributed by atoms with Gasteiger partial charge in [0.05, 0.1) is 27.5 Å². The predicted octanol–water partition coefficient (Wildman–Crippen LogP) is 4.77. The molecule has 0 saturated carbocycles. The molecule has 2 unspecified atom stereocenters. The van der Waals surface area contributed by atoms with Crippen molar-refractivity contribution in [3.8, 4) is 0 Å². The molecule has 234 valence electrons. The van der Waals surface area contributed by atoms with E-state index in [0.29, 0.717) is 41.2 Å². The number of halogens is 3. The zero-order valence-electron chi connectivity index (χ0n) is 25.6. The van der Waals surface area contributed by atoms with E-state index >= 15 is 4.39 Å². The Kier molecular flexibility index (Phi) is 11.6. The second-order valence-corrected chi connectivity index (χ2v) is 12.0. The molecule has 8 nitrogen and oxygen atoms in total. The summed E-state index contributed by atoms with van der Waals surface area (Å²) in [6.45, 7) is 8.11. The summed E-state index contributed by atoms with van der Waals surface area (Å²) in [5.74, 6) is -2.58. The maximum atomic E-state index is 16.3. The number of carbonyl (C=O) groups excluding carboxylic acids is 1. The van der Waals surface area contributed by atoms with E-state index in [9.17, 15) is 22.6 Å². The van der Waals surface area contributed by atoms with Crippen LogP contribution in [-0.2, 0) is 22.6 Å². The monoisotopic (exact) mass is 619 g/mol. The number of carbonyl (C=O) groups is 1. The number of likely N-dealkylation sites (N-methyl/N-ethyl adjacent to an activating group) is 2. The first-order chi connectivity index (χ1) is 20.2. The highest BCUT2D eigenvalue weighted by Crippen LogP contribution is 2.27. The minimum absolute atomic E-state index is 0.0656. The van der Waals surface area contributed by atoms with Crippen LogP contribution in [0, 0.1) is 25.5 Å². The van der Waals surface area contributed by atoms with Crippen molar-refractivity contribution in [3.63, 3.8) is 0 Å². The van der Waals surface area contributed by atoms with Gasteiger partial charge in [-0.05, 0) is 63.6 Å². The van der Waals surface area contributed by atoms with Gasteiger partial charge in [0.1, 0.15) is 11.6 Å². The predicted molar refractivity (Wildman–Crippen MR) is 166 cm³/mol. The minimum Gasteiger partial charge on any atom is -0.378 e. The Balaban J connectivity index is 2.04. The normalized spacial score (nSPS) is 16.3. The molecular formula is C31H40F3N5O3S. The van der Waals surface area contributed by atoms with E-state index in [1.807, 2.05) is 20.8 Å². The number of nitrogens with zero attached hydrogens (tertiary/aromatic N) is 3. The van der Waals surface area contributed by atoms with Gasteiger partial charge < -0.3 is 15.1 Å². The first-order valence-corrected chi connectivity index (χ1v) is 15.6. The first kappa shape index (κ1) is 33.9. The topological polar surface area (TPSA) is 86.7 Å². The van der Waals surface area contributed by atoms with Gasteiger partial charge in [0.25, 0.3) is 11.5 Å². The molecule has 0 radical (unpaired) electrons. The molecule has 0 aliphatic carbocycles. The highest BCUT2D eigenvalue weighted by Gasteiger charge is 2.27. The molecule has 2 aromatic rings. The smallest absolute Gasteiger partial charge is 0.283 e. The Hall–Kier alpha value is -3.64. The van der Waals surface area contributed by atoms with Gasteiger partial charge in [0, 0.05) is 58.0 Å². The molecule has 43 heavy (non-hydrogen) atoms. The fourth-order valence-corrected chi connectivity index (χ4v) is 5.75. The van der Waals surface area contributed by atoms with E-state index in [4.69, 9.17) is 0 Å². The Morgan fingerprint density at radius 1 is 1.09 bits per heavy atom. The van der Waals surface area contributed by atoms with Crippen LogP contribution in [0.1, 0.15) is 43.0 Å². The van der Waals surface area contributed by atoms with Crippen LogP contribution >= 0.6 is 0 Å². The number of benzene rings is 1. The van der Waals surface area contributed by atoms with Crippen molar-refractivity contribution >= 4 is 28.2 Å². The second kappa shape index (κ2) is 14.7. The van der Waals surface area contributed by atoms with Crippen molar-refractivity contribution in [3.05, 3.63) is 87.0 Å². The Bertz CT molecular complexity index is 1540. The van der Waals surface area contributed by atoms with Gasteiger partial charge in [0.15, 0.2) is 11.6 Å². The summed E-state index contributed by atoms with van der Waals surface area (Å²) in [5, 5.41) is 6.44. The van der Waals surface area contributed by atoms with Gasteiger partial charge in [-0.3, -0.25) is 23.7 Å². The van der Waals surface area contributed by atoms with Crippen molar-refractivity contribution < 1.29 is 22.2 Å². The van der Waals surface area contributed by atoms with Gasteiger partial charge in [-0.1, -0.05) is 17.7 Å². The molecule has 0 fully saturated rings. The SMILES string of the molecule is CCN(CCNC1CC=C(F)C(=O)N1C)c1c(F)cc([C@@H](C)Nc2ccc(F)cc2S(C)=O)cc(C)cc(C)c(=O)n1C. The van der Waals surface area contributed by atoms with E-state index in [-0.39, 0.29) is 17.9 Å². The van der Waals surface area contributed by atoms with Gasteiger partial charge in [-0.2, -0.15) is 0 Å². The number of anilines is 2. The Morgan fingerprint density at radius 2 is 1.79 bits per heavy atom. The number of hydrogen-bond donors (Lipinski definition) is 2. The third kappa shape index (κ3) is 8.26. The van der Waals surface area contributed by atoms with Crippen LogP contribution in [0.4, 0.5) is 24.7 Å². The van der Waals surface area contributed by atoms with Crippen LogP contribution in [-0.4, -0.2) is 58.7 Å². The molecule has 0 bridgehead atoms. The average molecular weight is 620 g/mol. The van der Waals surface area contributed by atoms with Crippen LogP contribution in [0.2, 0.25) is 0 Å². The molecule has 3 rings (SSSR count). The lowest BCUT2D eigenvalue weighted by Gasteiger charge is -2.32. The standard InChI is InChI=1S/C31H40F3N5O3S/c1-8-39(14-13-35-28-12-10-24(33)31(41)37(28)5)29-25(34)17-22(16-19(2)15-20(3)30(40)38(29)6)21(4)36-26-11-9-23(32)18-27(26)43(7)42/h9-11,15-18,21,28,35-36H,8,12-14H2,1-7H3/t21-,28?,43?/m1/s1. The van der Waals surface area contributed by atoms with E-state index in [1.165, 1.54) is 60.2 Å². The second-order valence-electron chi connectivity index (χ2n) is 10.6. The summed E-state index contributed by atoms with van der Waals surface area (Å²) < 4.78 is 57.4. The molecular weight excluding hydrogens is 579 g/mol. The molecule has 2 N–H and O–H groups in total. The summed E-state index contributed by atoms with van der Waals surface area (Å²) in [4.78, 5) is 28.6. The van der Waals surface area contributed by atoms with Crippen LogP contribution in [0.15, 0.2) is 58.0 Å². The number of hydrogen-bond acceptors (Lipinski definition) is 6. The van der Waals surface area contributed by atoms with Gasteiger partial charge in [-0.25, -0.2) is 13.2 Å². The lowest BCUT2D eigenvalue weighted by molar-refractivity contribution is -0.130. The number of aryl methyl sites for hydroxylation is 2. The van der Waals surface area contributed by atoms with Crippen LogP contribution in [0.5, 0.6) is 0 Å². The number of amides is 1. The summed E-state index contributed by atoms with van der Waals surface area (Å²) in [5.41, 5.74) is 1.77. The first-order valence-electron chi connectivity index (χ1n) is 14.0. The molecule has 1 aliphatic heterocycles. The zero-order valence-corrected chi connectivity index (χ0v) is 26.4. The fraction of sp³-hybridized carbons (Fsp3) is 0.419. The minimum atomic E-state index is -1.47. The molecule has 3 atom stereocenters. The molecule has 0 spiro atoms. The Morgan fingerprint density at radius 3 is 2.44 bits per heavy atom. The molecule has 1 aromatic heterocycles. The van der Waals surface area contributed by atoms with Gasteiger partial charge >= 0.3 is 0 Å². The largest absolute Gasteiger partial charge is 0.378 e. The molecule has 1 amide bonds. The van der Waals surface area contributed by atoms with Crippen molar-refractivity contribution in [1.82, 2.24) is 14.8 Å². The molecule has 12 heteroatoms. The van der Waals surface area contributed by atoms with Gasteiger partial charge in [0.2, 0.25) is 0 Å². The van der Waals surface area contributed by atoms with Crippen molar-refractivity contribution in [2.75, 3.05) is 43.2 Å². The van der Waals surface area contributed by atoms with Crippen LogP contribution < -0.4 is 21.1 Å². The lowest BCUT2D eigenvalue weighted by atomic mass is 10.1. The quantitative estimate of drug-likeness (QED) is 0.399. The van der Waals surface area contributed by atoms with E-state index in [1.54, 1.807) is 24.0 Å². The van der Waals surface area contributed by atoms with Crippen LogP contribution in [0.25, 0.3) is 0 Å². The van der Waals surface area contributed by atoms with Crippen molar-refractivity contribution in [2.24, 2.45) is 7.05 Å².